The van der Waals surface area contributed by atoms with Gasteiger partial charge in [0.2, 0.25) is 5.91 Å². The van der Waals surface area contributed by atoms with Gasteiger partial charge in [-0.15, -0.1) is 0 Å². The maximum atomic E-state index is 11.8. The minimum atomic E-state index is -1.11. The van der Waals surface area contributed by atoms with Gasteiger partial charge in [0.1, 0.15) is 6.04 Å². The lowest BCUT2D eigenvalue weighted by molar-refractivity contribution is -0.141. The van der Waals surface area contributed by atoms with E-state index in [1.807, 2.05) is 0 Å². The van der Waals surface area contributed by atoms with Gasteiger partial charge < -0.3 is 21.5 Å². The number of carbonyl (C=O) groups excluding carboxylic acids is 2. The second kappa shape index (κ2) is 6.25. The topological polar surface area (TPSA) is 122 Å². The lowest BCUT2D eigenvalue weighted by Gasteiger charge is -2.27. The molecule has 5 N–H and O–H groups in total. The predicted molar refractivity (Wildman–Crippen MR) is 78.0 cm³/mol. The van der Waals surface area contributed by atoms with E-state index in [0.29, 0.717) is 11.3 Å². The molecule has 0 saturated heterocycles. The van der Waals surface area contributed by atoms with Gasteiger partial charge in [-0.25, -0.2) is 9.59 Å². The first-order valence-electron chi connectivity index (χ1n) is 6.31. The van der Waals surface area contributed by atoms with Gasteiger partial charge in [0, 0.05) is 11.3 Å². The second-order valence-corrected chi connectivity index (χ2v) is 5.68. The monoisotopic (exact) mass is 293 g/mol. The first-order valence-corrected chi connectivity index (χ1v) is 6.31. The summed E-state index contributed by atoms with van der Waals surface area (Å²) in [6.07, 6.45) is 0. The maximum absolute atomic E-state index is 11.8. The molecule has 7 heteroatoms. The molecule has 114 valence electrons. The molecular formula is C14H19N3O4. The summed E-state index contributed by atoms with van der Waals surface area (Å²) in [6.45, 7) is 5.15. The number of anilines is 1. The molecule has 0 aliphatic carbocycles. The Labute approximate surface area is 122 Å². The number of primary amides is 1. The number of benzene rings is 1. The number of carbonyl (C=O) groups is 3. The summed E-state index contributed by atoms with van der Waals surface area (Å²) >= 11 is 0. The van der Waals surface area contributed by atoms with Crippen molar-refractivity contribution < 1.29 is 19.5 Å². The Morgan fingerprint density at radius 3 is 2.05 bits per heavy atom. The van der Waals surface area contributed by atoms with Crippen molar-refractivity contribution in [3.8, 4) is 0 Å². The number of carboxylic acid groups (broad SMARTS) is 1. The van der Waals surface area contributed by atoms with Crippen molar-refractivity contribution in [2.75, 3.05) is 5.32 Å². The average Bonchev–Trinajstić information content (AvgIpc) is 2.35. The van der Waals surface area contributed by atoms with Crippen LogP contribution in [0.1, 0.15) is 31.1 Å². The number of urea groups is 1. The molecule has 1 aromatic rings. The van der Waals surface area contributed by atoms with E-state index in [4.69, 9.17) is 10.8 Å². The zero-order valence-electron chi connectivity index (χ0n) is 12.1. The third kappa shape index (κ3) is 4.79. The number of hydrogen-bond acceptors (Lipinski definition) is 3. The van der Waals surface area contributed by atoms with Crippen LogP contribution in [0.2, 0.25) is 0 Å². The minimum Gasteiger partial charge on any atom is -0.480 e. The van der Waals surface area contributed by atoms with Gasteiger partial charge in [0.15, 0.2) is 0 Å². The molecule has 0 aliphatic rings. The molecule has 0 unspecified atom stereocenters. The number of aliphatic carboxylic acids is 1. The van der Waals surface area contributed by atoms with Crippen LogP contribution in [0.3, 0.4) is 0 Å². The fraction of sp³-hybridized carbons (Fsp3) is 0.357. The highest BCUT2D eigenvalue weighted by Gasteiger charge is 2.32. The molecular weight excluding hydrogens is 274 g/mol. The van der Waals surface area contributed by atoms with Gasteiger partial charge in [-0.3, -0.25) is 4.79 Å². The van der Waals surface area contributed by atoms with Crippen molar-refractivity contribution in [1.82, 2.24) is 5.32 Å². The van der Waals surface area contributed by atoms with Crippen molar-refractivity contribution in [1.29, 1.82) is 0 Å². The molecule has 0 aromatic heterocycles. The zero-order valence-corrected chi connectivity index (χ0v) is 12.1. The van der Waals surface area contributed by atoms with Crippen LogP contribution in [0.15, 0.2) is 24.3 Å². The Bertz CT molecular complexity index is 546. The summed E-state index contributed by atoms with van der Waals surface area (Å²) in [6, 6.07) is 4.29. The first-order chi connectivity index (χ1) is 9.61. The molecule has 0 radical (unpaired) electrons. The number of nitrogens with two attached hydrogens (primary N) is 1. The largest absolute Gasteiger partial charge is 0.480 e. The third-order valence-electron chi connectivity index (χ3n) is 2.82. The number of nitrogens with one attached hydrogen (secondary N) is 2. The van der Waals surface area contributed by atoms with Crippen LogP contribution in [0.5, 0.6) is 0 Å². The van der Waals surface area contributed by atoms with Crippen molar-refractivity contribution in [2.45, 2.75) is 26.8 Å². The summed E-state index contributed by atoms with van der Waals surface area (Å²) in [5, 5.41) is 14.0. The predicted octanol–water partition coefficient (Wildman–Crippen LogP) is 1.41. The highest BCUT2D eigenvalue weighted by atomic mass is 16.4. The van der Waals surface area contributed by atoms with E-state index in [1.54, 1.807) is 20.8 Å². The summed E-state index contributed by atoms with van der Waals surface area (Å²) < 4.78 is 0. The van der Waals surface area contributed by atoms with E-state index >= 15 is 0 Å². The highest BCUT2D eigenvalue weighted by molar-refractivity contribution is 5.95. The van der Waals surface area contributed by atoms with Gasteiger partial charge in [-0.1, -0.05) is 20.8 Å². The summed E-state index contributed by atoms with van der Waals surface area (Å²) in [5.41, 5.74) is 5.23. The molecule has 1 rings (SSSR count). The third-order valence-corrected chi connectivity index (χ3v) is 2.82. The van der Waals surface area contributed by atoms with Crippen LogP contribution >= 0.6 is 0 Å². The number of carboxylic acids is 1. The molecule has 0 heterocycles. The Morgan fingerprint density at radius 1 is 1.14 bits per heavy atom. The SMILES string of the molecule is CC(C)(C)[C@H](NC(=O)Nc1ccc(C(N)=O)cc1)C(=O)O. The quantitative estimate of drug-likeness (QED) is 0.670. The molecule has 0 spiro atoms. The lowest BCUT2D eigenvalue weighted by Crippen LogP contribution is -2.50. The first kappa shape index (κ1) is 16.5. The fourth-order valence-corrected chi connectivity index (χ4v) is 1.66. The number of amides is 3. The Morgan fingerprint density at radius 2 is 1.67 bits per heavy atom. The van der Waals surface area contributed by atoms with E-state index in [-0.39, 0.29) is 0 Å². The molecule has 7 nitrogen and oxygen atoms in total. The fourth-order valence-electron chi connectivity index (χ4n) is 1.66. The molecule has 1 atom stereocenters. The zero-order chi connectivity index (χ0) is 16.2. The van der Waals surface area contributed by atoms with Crippen molar-refractivity contribution >= 4 is 23.6 Å². The number of rotatable bonds is 4. The molecule has 0 saturated carbocycles. The van der Waals surface area contributed by atoms with Crippen LogP contribution in [0.25, 0.3) is 0 Å². The van der Waals surface area contributed by atoms with Gasteiger partial charge in [0.25, 0.3) is 0 Å². The van der Waals surface area contributed by atoms with E-state index in [9.17, 15) is 14.4 Å². The molecule has 0 bridgehead atoms. The minimum absolute atomic E-state index is 0.319. The van der Waals surface area contributed by atoms with E-state index in [1.165, 1.54) is 24.3 Å². The smallest absolute Gasteiger partial charge is 0.326 e. The molecule has 3 amide bonds. The molecule has 0 fully saturated rings. The molecule has 0 aliphatic heterocycles. The highest BCUT2D eigenvalue weighted by Crippen LogP contribution is 2.19. The maximum Gasteiger partial charge on any atom is 0.326 e. The van der Waals surface area contributed by atoms with Gasteiger partial charge >= 0.3 is 12.0 Å². The van der Waals surface area contributed by atoms with Crippen LogP contribution in [0.4, 0.5) is 10.5 Å². The van der Waals surface area contributed by atoms with Crippen LogP contribution in [-0.4, -0.2) is 29.1 Å². The lowest BCUT2D eigenvalue weighted by atomic mass is 9.87. The van der Waals surface area contributed by atoms with Gasteiger partial charge in [-0.2, -0.15) is 0 Å². The van der Waals surface area contributed by atoms with Crippen LogP contribution < -0.4 is 16.4 Å². The van der Waals surface area contributed by atoms with Crippen molar-refractivity contribution in [2.24, 2.45) is 11.1 Å². The summed E-state index contributed by atoms with van der Waals surface area (Å²) in [5.74, 6) is -1.67. The van der Waals surface area contributed by atoms with Crippen molar-refractivity contribution in [3.63, 3.8) is 0 Å². The summed E-state index contributed by atoms with van der Waals surface area (Å²) in [7, 11) is 0. The van der Waals surface area contributed by atoms with Crippen molar-refractivity contribution in [3.05, 3.63) is 29.8 Å². The van der Waals surface area contributed by atoms with Gasteiger partial charge in [-0.05, 0) is 29.7 Å². The van der Waals surface area contributed by atoms with Crippen LogP contribution in [0, 0.1) is 5.41 Å². The molecule has 21 heavy (non-hydrogen) atoms. The standard InChI is InChI=1S/C14H19N3O4/c1-14(2,3)10(12(19)20)17-13(21)16-9-6-4-8(5-7-9)11(15)18/h4-7,10H,1-3H3,(H2,15,18)(H,19,20)(H2,16,17,21)/t10-/m1/s1. The normalized spacial score (nSPS) is 12.3. The van der Waals surface area contributed by atoms with E-state index in [0.717, 1.165) is 0 Å². The Balaban J connectivity index is 2.72. The Kier molecular flexibility index (Phi) is 4.91. The second-order valence-electron chi connectivity index (χ2n) is 5.68. The number of hydrogen-bond donors (Lipinski definition) is 4. The average molecular weight is 293 g/mol. The van der Waals surface area contributed by atoms with Crippen LogP contribution in [-0.2, 0) is 4.79 Å². The van der Waals surface area contributed by atoms with E-state index in [2.05, 4.69) is 10.6 Å². The van der Waals surface area contributed by atoms with E-state index < -0.39 is 29.4 Å². The molecule has 1 aromatic carbocycles. The summed E-state index contributed by atoms with van der Waals surface area (Å²) in [4.78, 5) is 33.9. The Hall–Kier alpha value is -2.57. The van der Waals surface area contributed by atoms with Gasteiger partial charge in [0.05, 0.1) is 0 Å².